The van der Waals surface area contributed by atoms with Crippen molar-refractivity contribution in [3.8, 4) is 0 Å². The fraction of sp³-hybridized carbons (Fsp3) is 0.500. The minimum absolute atomic E-state index is 0.0294. The molecular formula is C12H15Cl3N2O2S. The van der Waals surface area contributed by atoms with E-state index in [1.165, 1.54) is 12.1 Å². The van der Waals surface area contributed by atoms with Crippen LogP contribution in [0.1, 0.15) is 19.3 Å². The van der Waals surface area contributed by atoms with Crippen molar-refractivity contribution < 1.29 is 8.42 Å². The van der Waals surface area contributed by atoms with Crippen molar-refractivity contribution in [1.29, 1.82) is 0 Å². The SMILES string of the molecule is O=S(=O)(NC1CCCNCC1)c1c(Cl)cc(Cl)cc1Cl. The van der Waals surface area contributed by atoms with E-state index in [2.05, 4.69) is 10.0 Å². The van der Waals surface area contributed by atoms with Crippen molar-refractivity contribution in [2.45, 2.75) is 30.2 Å². The molecule has 1 fully saturated rings. The van der Waals surface area contributed by atoms with E-state index in [4.69, 9.17) is 34.8 Å². The van der Waals surface area contributed by atoms with Crippen LogP contribution >= 0.6 is 34.8 Å². The summed E-state index contributed by atoms with van der Waals surface area (Å²) in [6, 6.07) is 2.63. The normalized spacial score (nSPS) is 20.6. The minimum atomic E-state index is -3.75. The number of halogens is 3. The van der Waals surface area contributed by atoms with Crippen molar-refractivity contribution in [2.75, 3.05) is 13.1 Å². The fourth-order valence-corrected chi connectivity index (χ4v) is 5.05. The van der Waals surface area contributed by atoms with Crippen LogP contribution in [0.25, 0.3) is 0 Å². The van der Waals surface area contributed by atoms with Gasteiger partial charge in [-0.3, -0.25) is 0 Å². The van der Waals surface area contributed by atoms with Gasteiger partial charge in [0.05, 0.1) is 10.0 Å². The van der Waals surface area contributed by atoms with Crippen molar-refractivity contribution in [1.82, 2.24) is 10.0 Å². The molecule has 2 N–H and O–H groups in total. The molecule has 0 saturated carbocycles. The molecule has 0 radical (unpaired) electrons. The van der Waals surface area contributed by atoms with Gasteiger partial charge in [-0.2, -0.15) is 0 Å². The van der Waals surface area contributed by atoms with Crippen LogP contribution in [0.5, 0.6) is 0 Å². The van der Waals surface area contributed by atoms with E-state index in [1.807, 2.05) is 0 Å². The maximum atomic E-state index is 12.4. The van der Waals surface area contributed by atoms with Crippen LogP contribution < -0.4 is 10.0 Å². The highest BCUT2D eigenvalue weighted by Gasteiger charge is 2.26. The van der Waals surface area contributed by atoms with E-state index < -0.39 is 10.0 Å². The lowest BCUT2D eigenvalue weighted by Gasteiger charge is -2.17. The Balaban J connectivity index is 2.26. The molecule has 0 amide bonds. The summed E-state index contributed by atoms with van der Waals surface area (Å²) in [4.78, 5) is -0.109. The van der Waals surface area contributed by atoms with Gasteiger partial charge in [0.2, 0.25) is 10.0 Å². The Kier molecular flexibility index (Phi) is 5.56. The third-order valence-electron chi connectivity index (χ3n) is 3.13. The second-order valence-corrected chi connectivity index (χ2v) is 7.60. The lowest BCUT2D eigenvalue weighted by molar-refractivity contribution is 0.518. The number of rotatable bonds is 3. The van der Waals surface area contributed by atoms with Gasteiger partial charge in [0.1, 0.15) is 4.90 Å². The average molecular weight is 358 g/mol. The molecule has 0 aliphatic carbocycles. The molecule has 1 atom stereocenters. The fourth-order valence-electron chi connectivity index (χ4n) is 2.20. The van der Waals surface area contributed by atoms with Crippen LogP contribution in [0.3, 0.4) is 0 Å². The Bertz CT molecular complexity index is 561. The zero-order valence-electron chi connectivity index (χ0n) is 10.6. The van der Waals surface area contributed by atoms with E-state index in [0.717, 1.165) is 32.4 Å². The monoisotopic (exact) mass is 356 g/mol. The summed E-state index contributed by atoms with van der Waals surface area (Å²) in [7, 11) is -3.75. The van der Waals surface area contributed by atoms with Crippen LogP contribution in [-0.4, -0.2) is 27.5 Å². The molecule has 2 rings (SSSR count). The third-order valence-corrected chi connectivity index (χ3v) is 5.79. The van der Waals surface area contributed by atoms with Crippen molar-refractivity contribution in [2.24, 2.45) is 0 Å². The van der Waals surface area contributed by atoms with Gasteiger partial charge in [-0.05, 0) is 44.5 Å². The Hall–Kier alpha value is -0.0400. The summed E-state index contributed by atoms with van der Waals surface area (Å²) in [6.07, 6.45) is 2.45. The Morgan fingerprint density at radius 2 is 1.75 bits per heavy atom. The number of nitrogens with one attached hydrogen (secondary N) is 2. The minimum Gasteiger partial charge on any atom is -0.317 e. The van der Waals surface area contributed by atoms with Crippen LogP contribution in [0, 0.1) is 0 Å². The number of hydrogen-bond donors (Lipinski definition) is 2. The molecule has 1 unspecified atom stereocenters. The lowest BCUT2D eigenvalue weighted by Crippen LogP contribution is -2.35. The van der Waals surface area contributed by atoms with E-state index in [-0.39, 0.29) is 21.0 Å². The molecular weight excluding hydrogens is 343 g/mol. The highest BCUT2D eigenvalue weighted by Crippen LogP contribution is 2.32. The topological polar surface area (TPSA) is 58.2 Å². The Morgan fingerprint density at radius 3 is 2.40 bits per heavy atom. The third kappa shape index (κ3) is 4.00. The van der Waals surface area contributed by atoms with Crippen molar-refractivity contribution in [3.05, 3.63) is 27.2 Å². The van der Waals surface area contributed by atoms with Gasteiger partial charge in [0.15, 0.2) is 0 Å². The summed E-state index contributed by atoms with van der Waals surface area (Å²) in [5, 5.41) is 3.59. The van der Waals surface area contributed by atoms with Gasteiger partial charge in [0.25, 0.3) is 0 Å². The maximum absolute atomic E-state index is 12.4. The first-order valence-electron chi connectivity index (χ1n) is 6.28. The molecule has 20 heavy (non-hydrogen) atoms. The molecule has 1 aliphatic rings. The molecule has 1 aliphatic heterocycles. The van der Waals surface area contributed by atoms with E-state index >= 15 is 0 Å². The van der Waals surface area contributed by atoms with Crippen molar-refractivity contribution >= 4 is 44.8 Å². The first-order chi connectivity index (χ1) is 9.40. The lowest BCUT2D eigenvalue weighted by atomic mass is 10.1. The molecule has 1 aromatic carbocycles. The quantitative estimate of drug-likeness (QED) is 0.874. The molecule has 0 spiro atoms. The number of hydrogen-bond acceptors (Lipinski definition) is 3. The highest BCUT2D eigenvalue weighted by molar-refractivity contribution is 7.89. The molecule has 0 aromatic heterocycles. The predicted molar refractivity (Wildman–Crippen MR) is 82.3 cm³/mol. The highest BCUT2D eigenvalue weighted by atomic mass is 35.5. The molecule has 0 bridgehead atoms. The van der Waals surface area contributed by atoms with E-state index in [9.17, 15) is 8.42 Å². The van der Waals surface area contributed by atoms with Crippen LogP contribution in [0.15, 0.2) is 17.0 Å². The Morgan fingerprint density at radius 1 is 1.10 bits per heavy atom. The molecule has 8 heteroatoms. The standard InChI is InChI=1S/C12H15Cl3N2O2S/c13-8-6-10(14)12(11(15)7-8)20(18,19)17-9-2-1-4-16-5-3-9/h6-7,9,16-17H,1-5H2. The van der Waals surface area contributed by atoms with Gasteiger partial charge in [-0.25, -0.2) is 13.1 Å². The van der Waals surface area contributed by atoms with Gasteiger partial charge in [0, 0.05) is 11.1 Å². The molecule has 1 saturated heterocycles. The second kappa shape index (κ2) is 6.81. The average Bonchev–Trinajstić information content (AvgIpc) is 2.54. The zero-order chi connectivity index (χ0) is 14.8. The first-order valence-corrected chi connectivity index (χ1v) is 8.89. The first kappa shape index (κ1) is 16.3. The van der Waals surface area contributed by atoms with Gasteiger partial charge in [-0.15, -0.1) is 0 Å². The van der Waals surface area contributed by atoms with Crippen molar-refractivity contribution in [3.63, 3.8) is 0 Å². The smallest absolute Gasteiger partial charge is 0.243 e. The van der Waals surface area contributed by atoms with E-state index in [0.29, 0.717) is 5.02 Å². The zero-order valence-corrected chi connectivity index (χ0v) is 13.7. The summed E-state index contributed by atoms with van der Waals surface area (Å²) in [6.45, 7) is 1.69. The number of sulfonamides is 1. The second-order valence-electron chi connectivity index (χ2n) is 4.70. The Labute approximate surface area is 133 Å². The maximum Gasteiger partial charge on any atom is 0.243 e. The summed E-state index contributed by atoms with van der Waals surface area (Å²) in [5.41, 5.74) is 0. The van der Waals surface area contributed by atoms with Crippen LogP contribution in [0.2, 0.25) is 15.1 Å². The summed E-state index contributed by atoms with van der Waals surface area (Å²) >= 11 is 17.7. The molecule has 112 valence electrons. The predicted octanol–water partition coefficient (Wildman–Crippen LogP) is 3.07. The summed E-state index contributed by atoms with van der Waals surface area (Å²) in [5.74, 6) is 0. The summed E-state index contributed by atoms with van der Waals surface area (Å²) < 4.78 is 27.5. The largest absolute Gasteiger partial charge is 0.317 e. The van der Waals surface area contributed by atoms with Crippen LogP contribution in [-0.2, 0) is 10.0 Å². The number of benzene rings is 1. The molecule has 1 heterocycles. The molecule has 1 aromatic rings. The van der Waals surface area contributed by atoms with E-state index in [1.54, 1.807) is 0 Å². The van der Waals surface area contributed by atoms with Crippen LogP contribution in [0.4, 0.5) is 0 Å². The van der Waals surface area contributed by atoms with Gasteiger partial charge in [-0.1, -0.05) is 34.8 Å². The van der Waals surface area contributed by atoms with Gasteiger partial charge < -0.3 is 5.32 Å². The van der Waals surface area contributed by atoms with Gasteiger partial charge >= 0.3 is 0 Å². The molecule has 4 nitrogen and oxygen atoms in total.